The van der Waals surface area contributed by atoms with Crippen LogP contribution in [0.25, 0.3) is 98.8 Å². The summed E-state index contributed by atoms with van der Waals surface area (Å²) in [6.45, 7) is 0. The Bertz CT molecular complexity index is 2810. The fraction of sp³-hybridized carbons (Fsp3) is 0. The fourth-order valence-corrected chi connectivity index (χ4v) is 7.86. The third-order valence-electron chi connectivity index (χ3n) is 9.14. The highest BCUT2D eigenvalue weighted by molar-refractivity contribution is 7.22. The normalized spacial score (nSPS) is 11.6. The second kappa shape index (κ2) is 11.6. The Labute approximate surface area is 291 Å². The van der Waals surface area contributed by atoms with Gasteiger partial charge >= 0.3 is 0 Å². The number of hydrogen-bond acceptors (Lipinski definition) is 6. The molecule has 0 amide bonds. The van der Waals surface area contributed by atoms with Crippen molar-refractivity contribution in [1.82, 2.24) is 19.9 Å². The highest BCUT2D eigenvalue weighted by atomic mass is 32.1. The van der Waals surface area contributed by atoms with Crippen LogP contribution in [0.3, 0.4) is 0 Å². The minimum absolute atomic E-state index is 0.622. The molecule has 6 heteroatoms. The van der Waals surface area contributed by atoms with Crippen LogP contribution < -0.4 is 0 Å². The molecule has 10 aromatic rings. The Morgan fingerprint density at radius 3 is 1.74 bits per heavy atom. The number of fused-ring (bicyclic) bond motifs is 6. The number of thiazole rings is 1. The first kappa shape index (κ1) is 28.5. The van der Waals surface area contributed by atoms with Gasteiger partial charge in [0.2, 0.25) is 0 Å². The number of benzene rings is 7. The molecular formula is C44H26N4OS. The number of furan rings is 1. The maximum Gasteiger partial charge on any atom is 0.164 e. The molecule has 0 radical (unpaired) electrons. The molecule has 0 atom stereocenters. The van der Waals surface area contributed by atoms with Gasteiger partial charge in [-0.25, -0.2) is 19.9 Å². The molecule has 50 heavy (non-hydrogen) atoms. The number of aromatic nitrogens is 4. The van der Waals surface area contributed by atoms with Gasteiger partial charge in [0, 0.05) is 33.0 Å². The van der Waals surface area contributed by atoms with Gasteiger partial charge < -0.3 is 4.42 Å². The molecule has 0 saturated carbocycles. The van der Waals surface area contributed by atoms with Gasteiger partial charge in [0.25, 0.3) is 0 Å². The Balaban J connectivity index is 1.15. The summed E-state index contributed by atoms with van der Waals surface area (Å²) in [5.41, 5.74) is 8.73. The van der Waals surface area contributed by atoms with Gasteiger partial charge in [0.15, 0.2) is 17.5 Å². The summed E-state index contributed by atoms with van der Waals surface area (Å²) in [5.74, 6) is 1.90. The highest BCUT2D eigenvalue weighted by Crippen LogP contribution is 2.42. The van der Waals surface area contributed by atoms with Gasteiger partial charge in [-0.3, -0.25) is 0 Å². The van der Waals surface area contributed by atoms with Gasteiger partial charge in [-0.2, -0.15) is 0 Å². The minimum atomic E-state index is 0.622. The fourth-order valence-electron chi connectivity index (χ4n) is 6.73. The van der Waals surface area contributed by atoms with E-state index in [9.17, 15) is 0 Å². The van der Waals surface area contributed by atoms with E-state index < -0.39 is 0 Å². The molecule has 10 rings (SSSR count). The topological polar surface area (TPSA) is 64.7 Å². The van der Waals surface area contributed by atoms with Crippen molar-refractivity contribution >= 4 is 54.3 Å². The molecule has 234 valence electrons. The lowest BCUT2D eigenvalue weighted by Gasteiger charge is -2.12. The van der Waals surface area contributed by atoms with Gasteiger partial charge in [-0.1, -0.05) is 121 Å². The minimum Gasteiger partial charge on any atom is -0.456 e. The molecule has 0 aliphatic carbocycles. The predicted octanol–water partition coefficient (Wildman–Crippen LogP) is 11.9. The van der Waals surface area contributed by atoms with Crippen LogP contribution in [0.4, 0.5) is 0 Å². The molecule has 0 N–H and O–H groups in total. The monoisotopic (exact) mass is 658 g/mol. The van der Waals surface area contributed by atoms with Crippen molar-refractivity contribution in [3.63, 3.8) is 0 Å². The molecule has 0 saturated heterocycles. The predicted molar refractivity (Wildman–Crippen MR) is 205 cm³/mol. The van der Waals surface area contributed by atoms with Crippen molar-refractivity contribution in [2.45, 2.75) is 0 Å². The molecule has 0 unspecified atom stereocenters. The van der Waals surface area contributed by atoms with Crippen LogP contribution >= 0.6 is 11.3 Å². The van der Waals surface area contributed by atoms with Gasteiger partial charge in [-0.15, -0.1) is 11.3 Å². The van der Waals surface area contributed by atoms with E-state index in [4.69, 9.17) is 24.4 Å². The number of nitrogens with zero attached hydrogens (tertiary/aromatic N) is 4. The molecule has 5 nitrogen and oxygen atoms in total. The third kappa shape index (κ3) is 4.85. The van der Waals surface area contributed by atoms with E-state index in [0.717, 1.165) is 81.3 Å². The Morgan fingerprint density at radius 1 is 0.420 bits per heavy atom. The molecule has 3 heterocycles. The van der Waals surface area contributed by atoms with Crippen LogP contribution in [0.2, 0.25) is 0 Å². The maximum absolute atomic E-state index is 6.54. The zero-order valence-corrected chi connectivity index (χ0v) is 27.4. The van der Waals surface area contributed by atoms with Crippen molar-refractivity contribution in [2.24, 2.45) is 0 Å². The summed E-state index contributed by atoms with van der Waals surface area (Å²) in [6.07, 6.45) is 0. The van der Waals surface area contributed by atoms with Crippen LogP contribution in [0.1, 0.15) is 0 Å². The zero-order valence-electron chi connectivity index (χ0n) is 26.6. The SMILES string of the molecule is c1ccc(-c2nc(-c3ccccc3)nc(-c3cc(-c4ccc5c(c4)oc4ccc6nc(-c7ccccc7)sc6c45)c4ccccc4c3)n2)cc1. The number of rotatable bonds is 5. The third-order valence-corrected chi connectivity index (χ3v) is 10.3. The first-order valence-corrected chi connectivity index (χ1v) is 17.3. The first-order valence-electron chi connectivity index (χ1n) is 16.5. The lowest BCUT2D eigenvalue weighted by atomic mass is 9.94. The van der Waals surface area contributed by atoms with Crippen LogP contribution in [0, 0.1) is 0 Å². The van der Waals surface area contributed by atoms with Crippen molar-refractivity contribution in [3.05, 3.63) is 158 Å². The summed E-state index contributed by atoms with van der Waals surface area (Å²) in [6, 6.07) is 54.0. The first-order chi connectivity index (χ1) is 24.7. The smallest absolute Gasteiger partial charge is 0.164 e. The molecule has 0 aliphatic heterocycles. The second-order valence-electron chi connectivity index (χ2n) is 12.3. The summed E-state index contributed by atoms with van der Waals surface area (Å²) < 4.78 is 7.68. The van der Waals surface area contributed by atoms with Crippen LogP contribution in [-0.2, 0) is 0 Å². The Morgan fingerprint density at radius 2 is 1.04 bits per heavy atom. The molecule has 0 spiro atoms. The van der Waals surface area contributed by atoms with Crippen molar-refractivity contribution in [2.75, 3.05) is 0 Å². The molecule has 0 aliphatic rings. The Kier molecular flexibility index (Phi) is 6.60. The summed E-state index contributed by atoms with van der Waals surface area (Å²) in [4.78, 5) is 19.9. The van der Waals surface area contributed by atoms with Crippen LogP contribution in [0.15, 0.2) is 162 Å². The number of hydrogen-bond donors (Lipinski definition) is 0. The lowest BCUT2D eigenvalue weighted by molar-refractivity contribution is 0.669. The van der Waals surface area contributed by atoms with Gasteiger partial charge in [-0.05, 0) is 58.3 Å². The van der Waals surface area contributed by atoms with E-state index in [1.54, 1.807) is 11.3 Å². The summed E-state index contributed by atoms with van der Waals surface area (Å²) >= 11 is 1.71. The van der Waals surface area contributed by atoms with Crippen molar-refractivity contribution in [3.8, 4) is 55.9 Å². The van der Waals surface area contributed by atoms with Gasteiger partial charge in [0.1, 0.15) is 16.2 Å². The molecule has 0 bridgehead atoms. The quantitative estimate of drug-likeness (QED) is 0.184. The van der Waals surface area contributed by atoms with Crippen LogP contribution in [0.5, 0.6) is 0 Å². The van der Waals surface area contributed by atoms with Gasteiger partial charge in [0.05, 0.1) is 10.2 Å². The molecule has 3 aromatic heterocycles. The average Bonchev–Trinajstić information content (AvgIpc) is 3.80. The van der Waals surface area contributed by atoms with E-state index in [1.807, 2.05) is 72.8 Å². The van der Waals surface area contributed by atoms with E-state index in [0.29, 0.717) is 17.5 Å². The maximum atomic E-state index is 6.54. The largest absolute Gasteiger partial charge is 0.456 e. The summed E-state index contributed by atoms with van der Waals surface area (Å²) in [5, 5.41) is 5.44. The van der Waals surface area contributed by atoms with E-state index >= 15 is 0 Å². The summed E-state index contributed by atoms with van der Waals surface area (Å²) in [7, 11) is 0. The molecular weight excluding hydrogens is 633 g/mol. The Hall–Kier alpha value is -6.50. The van der Waals surface area contributed by atoms with Crippen molar-refractivity contribution < 1.29 is 4.42 Å². The van der Waals surface area contributed by atoms with Crippen molar-refractivity contribution in [1.29, 1.82) is 0 Å². The van der Waals surface area contributed by atoms with E-state index in [-0.39, 0.29) is 0 Å². The molecule has 0 fully saturated rings. The lowest BCUT2D eigenvalue weighted by Crippen LogP contribution is -2.00. The average molecular weight is 659 g/mol. The zero-order chi connectivity index (χ0) is 33.0. The molecule has 7 aromatic carbocycles. The van der Waals surface area contributed by atoms with E-state index in [2.05, 4.69) is 84.9 Å². The standard InChI is InChI=1S/C44H26N4OS/c1-4-12-27(13-5-1)41-46-42(28-14-6-2-7-15-28)48-43(47-41)32-24-30-18-10-11-19-33(30)35(25-32)31-20-21-34-38(26-31)49-37-23-22-36-40(39(34)37)50-44(45-36)29-16-8-3-9-17-29/h1-26H. The van der Waals surface area contributed by atoms with E-state index in [1.165, 1.54) is 0 Å². The van der Waals surface area contributed by atoms with Crippen LogP contribution in [-0.4, -0.2) is 19.9 Å². The highest BCUT2D eigenvalue weighted by Gasteiger charge is 2.18. The second-order valence-corrected chi connectivity index (χ2v) is 13.3.